The highest BCUT2D eigenvalue weighted by Gasteiger charge is 2.35. The summed E-state index contributed by atoms with van der Waals surface area (Å²) in [5.74, 6) is 0.478. The third-order valence-corrected chi connectivity index (χ3v) is 13.0. The van der Waals surface area contributed by atoms with E-state index in [0.717, 1.165) is 24.1 Å². The number of rotatable bonds is 24. The summed E-state index contributed by atoms with van der Waals surface area (Å²) in [6.07, 6.45) is 33.4. The minimum atomic E-state index is -1.06. The van der Waals surface area contributed by atoms with Gasteiger partial charge in [-0.2, -0.15) is 10.2 Å². The van der Waals surface area contributed by atoms with Gasteiger partial charge in [0, 0.05) is 57.0 Å². The number of piperidine rings is 1. The lowest BCUT2D eigenvalue weighted by atomic mass is 9.87. The van der Waals surface area contributed by atoms with Gasteiger partial charge in [-0.05, 0) is 62.9 Å². The maximum Gasteiger partial charge on any atom is 0.279 e. The lowest BCUT2D eigenvalue weighted by Crippen LogP contribution is -2.48. The first-order valence-corrected chi connectivity index (χ1v) is 23.9. The Morgan fingerprint density at radius 1 is 0.900 bits per heavy atom. The molecule has 1 aromatic carbocycles. The number of likely N-dealkylation sites (tertiary alicyclic amines) is 1. The van der Waals surface area contributed by atoms with Crippen LogP contribution in [0.1, 0.15) is 191 Å². The van der Waals surface area contributed by atoms with Gasteiger partial charge in [0.1, 0.15) is 11.3 Å². The molecule has 2 atom stereocenters. The van der Waals surface area contributed by atoms with Crippen molar-refractivity contribution in [3.05, 3.63) is 64.0 Å². The van der Waals surface area contributed by atoms with E-state index in [2.05, 4.69) is 52.5 Å². The summed E-state index contributed by atoms with van der Waals surface area (Å²) in [7, 11) is 3.81. The van der Waals surface area contributed by atoms with Crippen molar-refractivity contribution < 1.29 is 9.90 Å². The van der Waals surface area contributed by atoms with Crippen LogP contribution in [0, 0.1) is 0 Å². The smallest absolute Gasteiger partial charge is 0.279 e. The van der Waals surface area contributed by atoms with Crippen LogP contribution in [0.3, 0.4) is 0 Å². The fourth-order valence-corrected chi connectivity index (χ4v) is 9.25. The zero-order valence-corrected chi connectivity index (χ0v) is 38.0. The van der Waals surface area contributed by atoms with Gasteiger partial charge in [0.25, 0.3) is 5.56 Å². The number of aromatic nitrogens is 6. The number of aliphatic hydroxyl groups is 1. The van der Waals surface area contributed by atoms with E-state index < -0.39 is 5.60 Å². The maximum absolute atomic E-state index is 13.0. The van der Waals surface area contributed by atoms with Crippen molar-refractivity contribution in [2.24, 2.45) is 7.05 Å². The Balaban J connectivity index is 0.000000291. The summed E-state index contributed by atoms with van der Waals surface area (Å²) in [6.45, 7) is 7.47. The largest absolute Gasteiger partial charge is 0.389 e. The molecule has 1 aliphatic carbocycles. The predicted molar refractivity (Wildman–Crippen MR) is 245 cm³/mol. The van der Waals surface area contributed by atoms with E-state index in [-0.39, 0.29) is 29.4 Å². The lowest BCUT2D eigenvalue weighted by molar-refractivity contribution is -0.136. The molecule has 60 heavy (non-hydrogen) atoms. The van der Waals surface area contributed by atoms with Gasteiger partial charge in [0.15, 0.2) is 5.52 Å². The molecule has 3 N–H and O–H groups in total. The van der Waals surface area contributed by atoms with Crippen molar-refractivity contribution in [1.29, 1.82) is 0 Å². The lowest BCUT2D eigenvalue weighted by Gasteiger charge is -2.38. The molecule has 0 spiro atoms. The van der Waals surface area contributed by atoms with Gasteiger partial charge < -0.3 is 20.3 Å². The molecular formula is C49H78N8O3. The quantitative estimate of drug-likeness (QED) is 0.0599. The first-order valence-electron chi connectivity index (χ1n) is 23.9. The Labute approximate surface area is 360 Å². The van der Waals surface area contributed by atoms with Gasteiger partial charge in [-0.25, -0.2) is 4.98 Å². The summed E-state index contributed by atoms with van der Waals surface area (Å²) in [4.78, 5) is 35.4. The standard InChI is InChI=1S/C29H36N8O3.C20H42/c1-18(37-12-4-11-31-37)15-24(38)36-13-9-29(40,10-14-36)17-23-32-25-26(28(39)33-23)34-35(3)27(25)20-5-7-21-19(16-20)6-8-22(21)30-2;1-3-5-7-9-11-13-15-17-19-20-18-16-14-12-10-8-6-4-2/h4-5,7,11-12,16,18,22,30,40H,6,8-10,13-15,17H2,1-3H3,(H,32,33,39);3-20H2,1-2H3. The number of aryl methyl sites for hydroxylation is 2. The Morgan fingerprint density at radius 3 is 2.02 bits per heavy atom. The van der Waals surface area contributed by atoms with Crippen molar-refractivity contribution in [2.75, 3.05) is 20.1 Å². The summed E-state index contributed by atoms with van der Waals surface area (Å²) in [5.41, 5.74) is 3.81. The van der Waals surface area contributed by atoms with Crippen LogP contribution >= 0.6 is 0 Å². The molecular weight excluding hydrogens is 749 g/mol. The number of carbonyl (C=O) groups excluding carboxylic acids is 1. The first kappa shape index (κ1) is 47.2. The van der Waals surface area contributed by atoms with E-state index in [0.29, 0.717) is 49.7 Å². The number of carbonyl (C=O) groups is 1. The van der Waals surface area contributed by atoms with Crippen LogP contribution in [0.5, 0.6) is 0 Å². The fraction of sp³-hybridized carbons (Fsp3) is 0.694. The SMILES string of the molecule is CCCCCCCCCCCCCCCCCCCC.CNC1CCc2cc(-c3c4nc(CC5(O)CCN(C(=O)CC(C)n6cccn6)CC5)[nH]c(=O)c4nn3C)ccc21. The Morgan fingerprint density at radius 2 is 1.48 bits per heavy atom. The third kappa shape index (κ3) is 13.8. The maximum atomic E-state index is 13.0. The number of hydrogen-bond donors (Lipinski definition) is 3. The summed E-state index contributed by atoms with van der Waals surface area (Å²) in [5, 5.41) is 23.5. The van der Waals surface area contributed by atoms with Crippen LogP contribution in [0.2, 0.25) is 0 Å². The van der Waals surface area contributed by atoms with E-state index >= 15 is 0 Å². The highest BCUT2D eigenvalue weighted by atomic mass is 16.3. The molecule has 1 saturated heterocycles. The molecule has 3 aromatic heterocycles. The number of nitrogens with one attached hydrogen (secondary N) is 2. The minimum Gasteiger partial charge on any atom is -0.389 e. The summed E-state index contributed by atoms with van der Waals surface area (Å²) < 4.78 is 3.50. The van der Waals surface area contributed by atoms with E-state index in [4.69, 9.17) is 4.98 Å². The van der Waals surface area contributed by atoms with E-state index in [1.165, 1.54) is 127 Å². The van der Waals surface area contributed by atoms with E-state index in [1.54, 1.807) is 20.5 Å². The zero-order valence-electron chi connectivity index (χ0n) is 38.0. The van der Waals surface area contributed by atoms with Crippen molar-refractivity contribution in [3.8, 4) is 11.3 Å². The van der Waals surface area contributed by atoms with Crippen molar-refractivity contribution in [3.63, 3.8) is 0 Å². The molecule has 11 nitrogen and oxygen atoms in total. The number of benzene rings is 1. The second-order valence-corrected chi connectivity index (χ2v) is 18.0. The van der Waals surface area contributed by atoms with Crippen molar-refractivity contribution in [2.45, 2.75) is 193 Å². The number of aromatic amines is 1. The van der Waals surface area contributed by atoms with Crippen LogP contribution in [0.25, 0.3) is 22.3 Å². The average molecular weight is 827 g/mol. The molecule has 0 saturated carbocycles. The number of H-pyrrole nitrogens is 1. The normalized spacial score (nSPS) is 16.5. The highest BCUT2D eigenvalue weighted by Crippen LogP contribution is 2.35. The monoisotopic (exact) mass is 827 g/mol. The number of fused-ring (bicyclic) bond motifs is 2. The third-order valence-electron chi connectivity index (χ3n) is 13.0. The molecule has 4 aromatic rings. The van der Waals surface area contributed by atoms with E-state index in [1.807, 2.05) is 33.3 Å². The van der Waals surface area contributed by atoms with Crippen LogP contribution in [0.15, 0.2) is 41.5 Å². The molecule has 4 heterocycles. The molecule has 1 aliphatic heterocycles. The topological polar surface area (TPSA) is 134 Å². The van der Waals surface area contributed by atoms with Crippen molar-refractivity contribution >= 4 is 16.9 Å². The van der Waals surface area contributed by atoms with Crippen LogP contribution in [0.4, 0.5) is 0 Å². The van der Waals surface area contributed by atoms with Gasteiger partial charge in [0.2, 0.25) is 5.91 Å². The highest BCUT2D eigenvalue weighted by molar-refractivity contribution is 5.89. The van der Waals surface area contributed by atoms with Gasteiger partial charge in [-0.1, -0.05) is 142 Å². The Bertz CT molecular complexity index is 1890. The molecule has 332 valence electrons. The molecule has 11 heteroatoms. The van der Waals surface area contributed by atoms with Gasteiger partial charge in [0.05, 0.1) is 17.3 Å². The molecule has 2 aliphatic rings. The molecule has 2 unspecified atom stereocenters. The second kappa shape index (κ2) is 24.6. The molecule has 0 bridgehead atoms. The number of amides is 1. The Hall–Kier alpha value is -3.83. The summed E-state index contributed by atoms with van der Waals surface area (Å²) >= 11 is 0. The zero-order chi connectivity index (χ0) is 42.7. The first-order chi connectivity index (χ1) is 29.2. The molecule has 1 fully saturated rings. The number of hydrogen-bond acceptors (Lipinski definition) is 7. The van der Waals surface area contributed by atoms with Crippen molar-refractivity contribution in [1.82, 2.24) is 39.7 Å². The van der Waals surface area contributed by atoms with E-state index in [9.17, 15) is 14.7 Å². The second-order valence-electron chi connectivity index (χ2n) is 18.0. The van der Waals surface area contributed by atoms with Gasteiger partial charge in [-0.3, -0.25) is 19.0 Å². The fourth-order valence-electron chi connectivity index (χ4n) is 9.25. The van der Waals surface area contributed by atoms with Crippen LogP contribution < -0.4 is 10.9 Å². The predicted octanol–water partition coefficient (Wildman–Crippen LogP) is 10.3. The Kier molecular flexibility index (Phi) is 19.3. The summed E-state index contributed by atoms with van der Waals surface area (Å²) in [6, 6.07) is 8.58. The number of unbranched alkanes of at least 4 members (excludes halogenated alkanes) is 17. The number of nitrogens with zero attached hydrogens (tertiary/aromatic N) is 6. The molecule has 1 amide bonds. The minimum absolute atomic E-state index is 0.0339. The van der Waals surface area contributed by atoms with Crippen LogP contribution in [-0.2, 0) is 24.7 Å². The average Bonchev–Trinajstić information content (AvgIpc) is 4.00. The van der Waals surface area contributed by atoms with Gasteiger partial charge >= 0.3 is 0 Å². The van der Waals surface area contributed by atoms with Crippen LogP contribution in [-0.4, -0.2) is 71.2 Å². The molecule has 0 radical (unpaired) electrons. The molecule has 6 rings (SSSR count). The van der Waals surface area contributed by atoms with Gasteiger partial charge in [-0.15, -0.1) is 0 Å².